The van der Waals surface area contributed by atoms with Gasteiger partial charge in [0.15, 0.2) is 10.8 Å². The molecule has 0 aromatic carbocycles. The lowest BCUT2D eigenvalue weighted by Gasteiger charge is -2.08. The Hall–Kier alpha value is -2.75. The molecule has 0 N–H and O–H groups in total. The van der Waals surface area contributed by atoms with Gasteiger partial charge in [0, 0.05) is 28.8 Å². The van der Waals surface area contributed by atoms with Crippen LogP contribution in [0.5, 0.6) is 0 Å². The highest BCUT2D eigenvalue weighted by Gasteiger charge is 2.43. The largest absolute Gasteiger partial charge is 0.408 e. The Kier molecular flexibility index (Phi) is 3.64. The van der Waals surface area contributed by atoms with Gasteiger partial charge in [-0.05, 0) is 24.5 Å². The maximum atomic E-state index is 13.8. The van der Waals surface area contributed by atoms with E-state index in [0.717, 1.165) is 21.0 Å². The van der Waals surface area contributed by atoms with Crippen LogP contribution in [0, 0.1) is 5.95 Å². The van der Waals surface area contributed by atoms with Gasteiger partial charge < -0.3 is 0 Å². The van der Waals surface area contributed by atoms with Gasteiger partial charge in [-0.1, -0.05) is 11.6 Å². The van der Waals surface area contributed by atoms with E-state index in [1.807, 2.05) is 0 Å². The number of imidazole rings is 1. The summed E-state index contributed by atoms with van der Waals surface area (Å²) in [5.41, 5.74) is 2.13. The van der Waals surface area contributed by atoms with Crippen LogP contribution in [0.25, 0.3) is 16.6 Å². The number of alkyl halides is 3. The highest BCUT2D eigenvalue weighted by Crippen LogP contribution is 2.55. The Morgan fingerprint density at radius 3 is 2.71 bits per heavy atom. The average molecular weight is 411 g/mol. The molecule has 6 nitrogen and oxygen atoms in total. The summed E-state index contributed by atoms with van der Waals surface area (Å²) in [6, 6.07) is 3.27. The van der Waals surface area contributed by atoms with Gasteiger partial charge >= 0.3 is 6.18 Å². The number of aromatic nitrogens is 6. The molecule has 2 atom stereocenters. The van der Waals surface area contributed by atoms with E-state index in [-0.39, 0.29) is 17.0 Å². The standard InChI is InChI=1S/C17H11ClF4N6/c18-14-2-11(16-24-6-15(19)28(16)26-14)9-1-10(9)12-3-13-8(4-23-12)5-25-27(13)7-17(20,21)22/h2-6,9-10H,1,7H2/t9?,10-/m0/s1. The highest BCUT2D eigenvalue weighted by atomic mass is 35.5. The summed E-state index contributed by atoms with van der Waals surface area (Å²) in [6.45, 7) is -1.16. The summed E-state index contributed by atoms with van der Waals surface area (Å²) in [5.74, 6) is -0.666. The molecule has 1 aliphatic rings. The van der Waals surface area contributed by atoms with Gasteiger partial charge in [-0.3, -0.25) is 9.67 Å². The zero-order valence-electron chi connectivity index (χ0n) is 14.0. The average Bonchev–Trinajstić information content (AvgIpc) is 3.22. The minimum absolute atomic E-state index is 0.0197. The number of nitrogens with zero attached hydrogens (tertiary/aromatic N) is 6. The fourth-order valence-electron chi connectivity index (χ4n) is 3.56. The molecule has 1 saturated carbocycles. The number of hydrogen-bond donors (Lipinski definition) is 0. The lowest BCUT2D eigenvalue weighted by molar-refractivity contribution is -0.141. The molecule has 28 heavy (non-hydrogen) atoms. The maximum absolute atomic E-state index is 13.8. The molecular weight excluding hydrogens is 400 g/mol. The highest BCUT2D eigenvalue weighted by molar-refractivity contribution is 6.29. The SMILES string of the molecule is Fc1cnc2c(C3C[C@@H]3c3cc4c(cn3)cnn4CC(F)(F)F)cc(Cl)nn12. The van der Waals surface area contributed by atoms with Crippen molar-refractivity contribution in [1.29, 1.82) is 0 Å². The summed E-state index contributed by atoms with van der Waals surface area (Å²) in [4.78, 5) is 8.43. The van der Waals surface area contributed by atoms with Gasteiger partial charge in [-0.15, -0.1) is 0 Å². The first-order valence-corrected chi connectivity index (χ1v) is 8.76. The Labute approximate surface area is 159 Å². The number of halogens is 5. The Bertz CT molecular complexity index is 1210. The van der Waals surface area contributed by atoms with Crippen molar-refractivity contribution in [3.05, 3.63) is 53.1 Å². The maximum Gasteiger partial charge on any atom is 0.408 e. The van der Waals surface area contributed by atoms with Crippen LogP contribution >= 0.6 is 11.6 Å². The lowest BCUT2D eigenvalue weighted by atomic mass is 10.1. The van der Waals surface area contributed by atoms with E-state index < -0.39 is 18.7 Å². The second-order valence-corrected chi connectivity index (χ2v) is 7.16. The summed E-state index contributed by atoms with van der Waals surface area (Å²) in [5, 5.41) is 8.38. The number of hydrogen-bond acceptors (Lipinski definition) is 4. The molecule has 0 bridgehead atoms. The quantitative estimate of drug-likeness (QED) is 0.477. The van der Waals surface area contributed by atoms with E-state index in [0.29, 0.717) is 28.7 Å². The molecule has 4 aromatic rings. The van der Waals surface area contributed by atoms with E-state index >= 15 is 0 Å². The minimum Gasteiger partial charge on any atom is -0.260 e. The van der Waals surface area contributed by atoms with E-state index in [9.17, 15) is 17.6 Å². The van der Waals surface area contributed by atoms with Gasteiger partial charge in [0.25, 0.3) is 0 Å². The van der Waals surface area contributed by atoms with Gasteiger partial charge in [0.2, 0.25) is 5.95 Å². The summed E-state index contributed by atoms with van der Waals surface area (Å²) in [7, 11) is 0. The molecule has 4 aromatic heterocycles. The lowest BCUT2D eigenvalue weighted by Crippen LogP contribution is -2.18. The first kappa shape index (κ1) is 17.4. The molecule has 0 radical (unpaired) electrons. The van der Waals surface area contributed by atoms with Crippen molar-refractivity contribution in [1.82, 2.24) is 29.4 Å². The second kappa shape index (κ2) is 5.87. The molecular formula is C17H11ClF4N6. The van der Waals surface area contributed by atoms with Crippen LogP contribution in [0.3, 0.4) is 0 Å². The first-order valence-electron chi connectivity index (χ1n) is 8.38. The Morgan fingerprint density at radius 2 is 1.93 bits per heavy atom. The van der Waals surface area contributed by atoms with Crippen LogP contribution < -0.4 is 0 Å². The van der Waals surface area contributed by atoms with Crippen molar-refractivity contribution < 1.29 is 17.6 Å². The minimum atomic E-state index is -4.37. The van der Waals surface area contributed by atoms with Crippen molar-refractivity contribution >= 4 is 28.2 Å². The molecule has 1 fully saturated rings. The molecule has 0 amide bonds. The summed E-state index contributed by atoms with van der Waals surface area (Å²) < 4.78 is 54.0. The monoisotopic (exact) mass is 410 g/mol. The fourth-order valence-corrected chi connectivity index (χ4v) is 3.75. The van der Waals surface area contributed by atoms with Crippen molar-refractivity contribution in [3.63, 3.8) is 0 Å². The van der Waals surface area contributed by atoms with E-state index in [4.69, 9.17) is 11.6 Å². The predicted octanol–water partition coefficient (Wildman–Crippen LogP) is 4.10. The van der Waals surface area contributed by atoms with E-state index in [1.54, 1.807) is 12.1 Å². The zero-order valence-corrected chi connectivity index (χ0v) is 14.8. The van der Waals surface area contributed by atoms with Crippen molar-refractivity contribution in [2.75, 3.05) is 0 Å². The van der Waals surface area contributed by atoms with Crippen LogP contribution in [0.4, 0.5) is 17.6 Å². The molecule has 1 aliphatic carbocycles. The van der Waals surface area contributed by atoms with E-state index in [2.05, 4.69) is 20.2 Å². The van der Waals surface area contributed by atoms with Gasteiger partial charge in [-0.2, -0.15) is 32.3 Å². The van der Waals surface area contributed by atoms with Crippen molar-refractivity contribution in [2.45, 2.75) is 31.0 Å². The van der Waals surface area contributed by atoms with Gasteiger partial charge in [-0.25, -0.2) is 4.98 Å². The third kappa shape index (κ3) is 2.88. The molecule has 0 saturated heterocycles. The summed E-state index contributed by atoms with van der Waals surface area (Å²) >= 11 is 6.00. The molecule has 144 valence electrons. The number of pyridine rings is 1. The predicted molar refractivity (Wildman–Crippen MR) is 91.6 cm³/mol. The van der Waals surface area contributed by atoms with Gasteiger partial charge in [0.1, 0.15) is 6.54 Å². The Morgan fingerprint density at radius 1 is 1.11 bits per heavy atom. The second-order valence-electron chi connectivity index (χ2n) is 6.77. The van der Waals surface area contributed by atoms with Crippen LogP contribution in [0.2, 0.25) is 5.15 Å². The van der Waals surface area contributed by atoms with Crippen LogP contribution in [0.1, 0.15) is 29.5 Å². The smallest absolute Gasteiger partial charge is 0.260 e. The Balaban J connectivity index is 1.51. The fraction of sp³-hybridized carbons (Fsp3) is 0.294. The molecule has 4 heterocycles. The van der Waals surface area contributed by atoms with Crippen LogP contribution in [-0.2, 0) is 6.54 Å². The molecule has 1 unspecified atom stereocenters. The summed E-state index contributed by atoms with van der Waals surface area (Å²) in [6.07, 6.45) is 0.288. The first-order chi connectivity index (χ1) is 13.3. The third-order valence-electron chi connectivity index (χ3n) is 4.87. The van der Waals surface area contributed by atoms with Crippen molar-refractivity contribution in [3.8, 4) is 0 Å². The van der Waals surface area contributed by atoms with Gasteiger partial charge in [0.05, 0.1) is 17.9 Å². The van der Waals surface area contributed by atoms with Crippen LogP contribution in [-0.4, -0.2) is 35.5 Å². The van der Waals surface area contributed by atoms with Crippen LogP contribution in [0.15, 0.2) is 30.7 Å². The topological polar surface area (TPSA) is 60.9 Å². The van der Waals surface area contributed by atoms with Crippen molar-refractivity contribution in [2.24, 2.45) is 0 Å². The molecule has 0 spiro atoms. The number of rotatable bonds is 3. The van der Waals surface area contributed by atoms with E-state index in [1.165, 1.54) is 12.4 Å². The molecule has 0 aliphatic heterocycles. The molecule has 5 rings (SSSR count). The normalized spacial score (nSPS) is 19.6. The molecule has 11 heteroatoms. The zero-order chi connectivity index (χ0) is 19.6. The third-order valence-corrected chi connectivity index (χ3v) is 5.06. The number of fused-ring (bicyclic) bond motifs is 2.